The van der Waals surface area contributed by atoms with Crippen molar-refractivity contribution in [3.63, 3.8) is 0 Å². The van der Waals surface area contributed by atoms with Gasteiger partial charge in [0, 0.05) is 12.1 Å². The number of para-hydroxylation sites is 2. The summed E-state index contributed by atoms with van der Waals surface area (Å²) in [6.45, 7) is 5.97. The highest BCUT2D eigenvalue weighted by Crippen LogP contribution is 2.30. The van der Waals surface area contributed by atoms with Gasteiger partial charge in [0.05, 0.1) is 4.92 Å². The van der Waals surface area contributed by atoms with Gasteiger partial charge in [-0.2, -0.15) is 0 Å². The predicted octanol–water partition coefficient (Wildman–Crippen LogP) is 3.30. The monoisotopic (exact) mass is 320 g/mol. The molecule has 0 heterocycles. The van der Waals surface area contributed by atoms with Gasteiger partial charge >= 0.3 is 5.69 Å². The lowest BCUT2D eigenvalue weighted by Gasteiger charge is -2.35. The number of amides is 1. The number of nitrogens with zero attached hydrogens (tertiary/aromatic N) is 1. The number of hydrogen-bond donors (Lipinski definition) is 1. The minimum Gasteiger partial charge on any atom is -0.474 e. The molecule has 1 N–H and O–H groups in total. The third kappa shape index (κ3) is 4.21. The van der Waals surface area contributed by atoms with Crippen LogP contribution in [0.15, 0.2) is 24.3 Å². The molecule has 0 bridgehead atoms. The van der Waals surface area contributed by atoms with E-state index in [4.69, 9.17) is 4.74 Å². The molecule has 1 aromatic rings. The minimum absolute atomic E-state index is 0.116. The maximum absolute atomic E-state index is 12.3. The third-order valence-corrected chi connectivity index (χ3v) is 4.77. The molecule has 1 aliphatic carbocycles. The first-order valence-electron chi connectivity index (χ1n) is 8.10. The Kier molecular flexibility index (Phi) is 5.58. The summed E-state index contributed by atoms with van der Waals surface area (Å²) in [5.41, 5.74) is -0.133. The largest absolute Gasteiger partial charge is 0.474 e. The van der Waals surface area contributed by atoms with E-state index in [1.165, 1.54) is 18.6 Å². The Morgan fingerprint density at radius 2 is 2.04 bits per heavy atom. The van der Waals surface area contributed by atoms with Crippen molar-refractivity contribution in [2.75, 3.05) is 0 Å². The molecule has 0 saturated heterocycles. The molecule has 1 saturated carbocycles. The normalized spacial score (nSPS) is 25.4. The van der Waals surface area contributed by atoms with Gasteiger partial charge in [0.25, 0.3) is 5.91 Å². The molecule has 1 aliphatic rings. The molecule has 0 aliphatic heterocycles. The number of ether oxygens (including phenoxy) is 1. The summed E-state index contributed by atoms with van der Waals surface area (Å²) in [6, 6.07) is 6.24. The number of hydrogen-bond acceptors (Lipinski definition) is 4. The van der Waals surface area contributed by atoms with Crippen molar-refractivity contribution in [2.24, 2.45) is 11.8 Å². The fourth-order valence-corrected chi connectivity index (χ4v) is 3.04. The van der Waals surface area contributed by atoms with Gasteiger partial charge < -0.3 is 10.1 Å². The van der Waals surface area contributed by atoms with Gasteiger partial charge in [-0.3, -0.25) is 14.9 Å². The quantitative estimate of drug-likeness (QED) is 0.666. The zero-order chi connectivity index (χ0) is 17.0. The molecule has 4 unspecified atom stereocenters. The summed E-state index contributed by atoms with van der Waals surface area (Å²) in [6.07, 6.45) is 2.49. The number of carbonyl (C=O) groups is 1. The average Bonchev–Trinajstić information content (AvgIpc) is 2.52. The number of carbonyl (C=O) groups excluding carboxylic acids is 1. The van der Waals surface area contributed by atoms with Crippen LogP contribution in [0, 0.1) is 22.0 Å². The molecule has 6 heteroatoms. The maximum Gasteiger partial charge on any atom is 0.310 e. The average molecular weight is 320 g/mol. The Morgan fingerprint density at radius 1 is 1.35 bits per heavy atom. The molecule has 1 amide bonds. The second kappa shape index (κ2) is 7.44. The standard InChI is InChI=1S/C17H24N2O4/c1-11-7-6-8-14(12(11)2)18-17(20)13(3)23-16-10-5-4-9-15(16)19(21)22/h4-5,9-14H,6-8H2,1-3H3,(H,18,20). The molecule has 4 atom stereocenters. The van der Waals surface area contributed by atoms with Crippen LogP contribution >= 0.6 is 0 Å². The molecule has 1 fully saturated rings. The van der Waals surface area contributed by atoms with E-state index in [0.717, 1.165) is 12.8 Å². The number of nitro benzene ring substituents is 1. The van der Waals surface area contributed by atoms with E-state index >= 15 is 0 Å². The van der Waals surface area contributed by atoms with Crippen LogP contribution in [0.5, 0.6) is 5.75 Å². The second-order valence-electron chi connectivity index (χ2n) is 6.37. The van der Waals surface area contributed by atoms with Crippen molar-refractivity contribution in [1.29, 1.82) is 0 Å². The van der Waals surface area contributed by atoms with Crippen LogP contribution < -0.4 is 10.1 Å². The highest BCUT2D eigenvalue weighted by atomic mass is 16.6. The van der Waals surface area contributed by atoms with Gasteiger partial charge in [0.15, 0.2) is 11.9 Å². The van der Waals surface area contributed by atoms with Gasteiger partial charge in [0.2, 0.25) is 0 Å². The Morgan fingerprint density at radius 3 is 2.74 bits per heavy atom. The van der Waals surface area contributed by atoms with Gasteiger partial charge in [0.1, 0.15) is 0 Å². The van der Waals surface area contributed by atoms with Crippen LogP contribution in [0.25, 0.3) is 0 Å². The van der Waals surface area contributed by atoms with Gasteiger partial charge in [-0.15, -0.1) is 0 Å². The topological polar surface area (TPSA) is 81.5 Å². The Balaban J connectivity index is 1.99. The van der Waals surface area contributed by atoms with E-state index < -0.39 is 11.0 Å². The van der Waals surface area contributed by atoms with Crippen LogP contribution in [-0.2, 0) is 4.79 Å². The number of rotatable bonds is 5. The van der Waals surface area contributed by atoms with E-state index in [1.807, 2.05) is 0 Å². The first-order chi connectivity index (χ1) is 10.9. The minimum atomic E-state index is -0.777. The summed E-state index contributed by atoms with van der Waals surface area (Å²) in [5.74, 6) is 0.894. The molecule has 126 valence electrons. The van der Waals surface area contributed by atoms with E-state index in [-0.39, 0.29) is 23.4 Å². The lowest BCUT2D eigenvalue weighted by molar-refractivity contribution is -0.386. The van der Waals surface area contributed by atoms with Crippen molar-refractivity contribution in [1.82, 2.24) is 5.32 Å². The lowest BCUT2D eigenvalue weighted by Crippen LogP contribution is -2.48. The maximum atomic E-state index is 12.3. The predicted molar refractivity (Wildman–Crippen MR) is 87.3 cm³/mol. The van der Waals surface area contributed by atoms with Crippen molar-refractivity contribution in [2.45, 2.75) is 52.2 Å². The first kappa shape index (κ1) is 17.2. The van der Waals surface area contributed by atoms with Crippen molar-refractivity contribution < 1.29 is 14.5 Å². The van der Waals surface area contributed by atoms with Gasteiger partial charge in [-0.05, 0) is 31.2 Å². The van der Waals surface area contributed by atoms with Crippen LogP contribution in [-0.4, -0.2) is 23.0 Å². The van der Waals surface area contributed by atoms with E-state index in [1.54, 1.807) is 19.1 Å². The van der Waals surface area contributed by atoms with Crippen molar-refractivity contribution in [3.8, 4) is 5.75 Å². The highest BCUT2D eigenvalue weighted by molar-refractivity contribution is 5.81. The molecule has 0 spiro atoms. The summed E-state index contributed by atoms with van der Waals surface area (Å²) < 4.78 is 5.52. The SMILES string of the molecule is CC(Oc1ccccc1[N+](=O)[O-])C(=O)NC1CCCC(C)C1C. The molecule has 0 radical (unpaired) electrons. The molecular formula is C17H24N2O4. The van der Waals surface area contributed by atoms with E-state index in [9.17, 15) is 14.9 Å². The van der Waals surface area contributed by atoms with E-state index in [2.05, 4.69) is 19.2 Å². The molecule has 2 rings (SSSR count). The van der Waals surface area contributed by atoms with Crippen LogP contribution in [0.1, 0.15) is 40.0 Å². The van der Waals surface area contributed by atoms with E-state index in [0.29, 0.717) is 11.8 Å². The lowest BCUT2D eigenvalue weighted by atomic mass is 9.78. The Bertz CT molecular complexity index is 575. The summed E-state index contributed by atoms with van der Waals surface area (Å²) in [4.78, 5) is 22.8. The number of nitro groups is 1. The van der Waals surface area contributed by atoms with Crippen LogP contribution in [0.2, 0.25) is 0 Å². The Labute approximate surface area is 136 Å². The van der Waals surface area contributed by atoms with Gasteiger partial charge in [-0.1, -0.05) is 38.8 Å². The van der Waals surface area contributed by atoms with Crippen LogP contribution in [0.3, 0.4) is 0 Å². The Hall–Kier alpha value is -2.11. The molecular weight excluding hydrogens is 296 g/mol. The summed E-state index contributed by atoms with van der Waals surface area (Å²) >= 11 is 0. The number of benzene rings is 1. The second-order valence-corrected chi connectivity index (χ2v) is 6.37. The zero-order valence-electron chi connectivity index (χ0n) is 13.8. The zero-order valence-corrected chi connectivity index (χ0v) is 13.8. The first-order valence-corrected chi connectivity index (χ1v) is 8.10. The molecule has 23 heavy (non-hydrogen) atoms. The fraction of sp³-hybridized carbons (Fsp3) is 0.588. The third-order valence-electron chi connectivity index (χ3n) is 4.77. The smallest absolute Gasteiger partial charge is 0.310 e. The summed E-state index contributed by atoms with van der Waals surface area (Å²) in [5, 5.41) is 14.0. The fourth-order valence-electron chi connectivity index (χ4n) is 3.04. The number of nitrogens with one attached hydrogen (secondary N) is 1. The highest BCUT2D eigenvalue weighted by Gasteiger charge is 2.30. The van der Waals surface area contributed by atoms with Crippen molar-refractivity contribution >= 4 is 11.6 Å². The molecule has 6 nitrogen and oxygen atoms in total. The van der Waals surface area contributed by atoms with Gasteiger partial charge in [-0.25, -0.2) is 0 Å². The van der Waals surface area contributed by atoms with Crippen molar-refractivity contribution in [3.05, 3.63) is 34.4 Å². The van der Waals surface area contributed by atoms with Crippen LogP contribution in [0.4, 0.5) is 5.69 Å². The summed E-state index contributed by atoms with van der Waals surface area (Å²) in [7, 11) is 0. The molecule has 1 aromatic carbocycles. The molecule has 0 aromatic heterocycles.